The number of halogens is 1. The van der Waals surface area contributed by atoms with E-state index in [2.05, 4.69) is 59.9 Å². The highest BCUT2D eigenvalue weighted by Crippen LogP contribution is 2.35. The van der Waals surface area contributed by atoms with Crippen molar-refractivity contribution >= 4 is 21.6 Å². The van der Waals surface area contributed by atoms with Gasteiger partial charge in [-0.2, -0.15) is 0 Å². The van der Waals surface area contributed by atoms with Gasteiger partial charge >= 0.3 is 0 Å². The van der Waals surface area contributed by atoms with Crippen LogP contribution in [0.15, 0.2) is 22.7 Å². The summed E-state index contributed by atoms with van der Waals surface area (Å²) in [7, 11) is 1.74. The predicted octanol–water partition coefficient (Wildman–Crippen LogP) is 3.67. The fourth-order valence-corrected chi connectivity index (χ4v) is 3.02. The van der Waals surface area contributed by atoms with Gasteiger partial charge in [-0.05, 0) is 30.5 Å². The van der Waals surface area contributed by atoms with Gasteiger partial charge in [0.05, 0.1) is 12.8 Å². The standard InChI is InChI=1S/C16H25BrN2O/c1-11-9-18-15(16(2,3)4)10-19(11)13-8-12(17)6-7-14(13)20-5/h6-8,11,15,18H,9-10H2,1-5H3. The molecule has 1 saturated heterocycles. The Hall–Kier alpha value is -0.740. The highest BCUT2D eigenvalue weighted by Gasteiger charge is 2.33. The summed E-state index contributed by atoms with van der Waals surface area (Å²) in [5, 5.41) is 3.67. The van der Waals surface area contributed by atoms with Crippen LogP contribution >= 0.6 is 15.9 Å². The van der Waals surface area contributed by atoms with Crippen molar-refractivity contribution in [3.8, 4) is 5.75 Å². The third kappa shape index (κ3) is 3.29. The van der Waals surface area contributed by atoms with Crippen molar-refractivity contribution in [3.63, 3.8) is 0 Å². The number of hydrogen-bond acceptors (Lipinski definition) is 3. The normalized spacial score (nSPS) is 23.8. The Kier molecular flexibility index (Phi) is 4.65. The Morgan fingerprint density at radius 3 is 2.65 bits per heavy atom. The molecular weight excluding hydrogens is 316 g/mol. The van der Waals surface area contributed by atoms with Crippen LogP contribution in [0.2, 0.25) is 0 Å². The van der Waals surface area contributed by atoms with Crippen molar-refractivity contribution in [1.29, 1.82) is 0 Å². The van der Waals surface area contributed by atoms with Crippen LogP contribution < -0.4 is 15.0 Å². The number of methoxy groups -OCH3 is 1. The van der Waals surface area contributed by atoms with Crippen LogP contribution in [0.5, 0.6) is 5.75 Å². The fourth-order valence-electron chi connectivity index (χ4n) is 2.67. The first-order valence-corrected chi connectivity index (χ1v) is 7.96. The molecule has 20 heavy (non-hydrogen) atoms. The van der Waals surface area contributed by atoms with Crippen LogP contribution in [0.3, 0.4) is 0 Å². The first kappa shape index (κ1) is 15.6. The lowest BCUT2D eigenvalue weighted by Crippen LogP contribution is -2.59. The van der Waals surface area contributed by atoms with Gasteiger partial charge < -0.3 is 15.0 Å². The minimum absolute atomic E-state index is 0.248. The summed E-state index contributed by atoms with van der Waals surface area (Å²) in [6, 6.07) is 7.14. The summed E-state index contributed by atoms with van der Waals surface area (Å²) in [6.07, 6.45) is 0. The van der Waals surface area contributed by atoms with Gasteiger partial charge in [-0.15, -0.1) is 0 Å². The molecule has 0 radical (unpaired) electrons. The number of piperazine rings is 1. The molecule has 1 aliphatic rings. The minimum Gasteiger partial charge on any atom is -0.495 e. The molecule has 1 heterocycles. The van der Waals surface area contributed by atoms with Crippen molar-refractivity contribution < 1.29 is 4.74 Å². The summed E-state index contributed by atoms with van der Waals surface area (Å²) < 4.78 is 6.63. The average molecular weight is 341 g/mol. The van der Waals surface area contributed by atoms with Gasteiger partial charge in [0.25, 0.3) is 0 Å². The molecule has 0 spiro atoms. The van der Waals surface area contributed by atoms with Gasteiger partial charge in [0.1, 0.15) is 5.75 Å². The number of nitrogens with one attached hydrogen (secondary N) is 1. The van der Waals surface area contributed by atoms with Crippen LogP contribution in [-0.4, -0.2) is 32.3 Å². The average Bonchev–Trinajstić information content (AvgIpc) is 2.38. The predicted molar refractivity (Wildman–Crippen MR) is 88.7 cm³/mol. The van der Waals surface area contributed by atoms with E-state index in [1.54, 1.807) is 7.11 Å². The number of hydrogen-bond donors (Lipinski definition) is 1. The SMILES string of the molecule is COc1ccc(Br)cc1N1CC(C(C)(C)C)NCC1C. The zero-order chi connectivity index (χ0) is 14.9. The van der Waals surface area contributed by atoms with Crippen molar-refractivity contribution in [2.75, 3.05) is 25.1 Å². The van der Waals surface area contributed by atoms with E-state index in [-0.39, 0.29) is 5.41 Å². The van der Waals surface area contributed by atoms with Crippen molar-refractivity contribution in [2.45, 2.75) is 39.8 Å². The summed E-state index contributed by atoms with van der Waals surface area (Å²) in [6.45, 7) is 11.1. The van der Waals surface area contributed by atoms with E-state index in [1.807, 2.05) is 12.1 Å². The van der Waals surface area contributed by atoms with Crippen molar-refractivity contribution in [3.05, 3.63) is 22.7 Å². The van der Waals surface area contributed by atoms with Gasteiger partial charge in [0.2, 0.25) is 0 Å². The van der Waals surface area contributed by atoms with Crippen LogP contribution in [-0.2, 0) is 0 Å². The number of nitrogens with zero attached hydrogens (tertiary/aromatic N) is 1. The number of ether oxygens (including phenoxy) is 1. The molecule has 1 aromatic rings. The maximum Gasteiger partial charge on any atom is 0.142 e. The third-order valence-corrected chi connectivity index (χ3v) is 4.56. The first-order chi connectivity index (χ1) is 9.32. The zero-order valence-corrected chi connectivity index (χ0v) is 14.6. The monoisotopic (exact) mass is 340 g/mol. The molecule has 1 fully saturated rings. The molecule has 2 unspecified atom stereocenters. The molecule has 0 aliphatic carbocycles. The molecule has 0 amide bonds. The van der Waals surface area contributed by atoms with E-state index in [1.165, 1.54) is 5.69 Å². The molecule has 112 valence electrons. The van der Waals surface area contributed by atoms with E-state index < -0.39 is 0 Å². The van der Waals surface area contributed by atoms with E-state index in [9.17, 15) is 0 Å². The lowest BCUT2D eigenvalue weighted by atomic mass is 9.84. The lowest BCUT2D eigenvalue weighted by Gasteiger charge is -2.45. The molecule has 2 atom stereocenters. The Morgan fingerprint density at radius 2 is 2.05 bits per heavy atom. The van der Waals surface area contributed by atoms with Crippen molar-refractivity contribution in [2.24, 2.45) is 5.41 Å². The number of rotatable bonds is 2. The molecule has 0 saturated carbocycles. The molecule has 0 bridgehead atoms. The summed E-state index contributed by atoms with van der Waals surface area (Å²) >= 11 is 3.57. The molecular formula is C16H25BrN2O. The highest BCUT2D eigenvalue weighted by atomic mass is 79.9. The summed E-state index contributed by atoms with van der Waals surface area (Å²) in [4.78, 5) is 2.45. The maximum absolute atomic E-state index is 5.54. The zero-order valence-electron chi connectivity index (χ0n) is 13.0. The van der Waals surface area contributed by atoms with Gasteiger partial charge in [0, 0.05) is 29.6 Å². The van der Waals surface area contributed by atoms with Crippen LogP contribution in [0, 0.1) is 5.41 Å². The Morgan fingerprint density at radius 1 is 1.35 bits per heavy atom. The topological polar surface area (TPSA) is 24.5 Å². The Bertz CT molecular complexity index is 470. The van der Waals surface area contributed by atoms with Gasteiger partial charge in [-0.3, -0.25) is 0 Å². The van der Waals surface area contributed by atoms with Crippen molar-refractivity contribution in [1.82, 2.24) is 5.32 Å². The number of benzene rings is 1. The molecule has 1 aromatic carbocycles. The summed E-state index contributed by atoms with van der Waals surface area (Å²) in [5.74, 6) is 0.939. The van der Waals surface area contributed by atoms with E-state index in [0.717, 1.165) is 23.3 Å². The van der Waals surface area contributed by atoms with E-state index in [4.69, 9.17) is 4.74 Å². The van der Waals surface area contributed by atoms with Crippen LogP contribution in [0.4, 0.5) is 5.69 Å². The second-order valence-electron chi connectivity index (χ2n) is 6.64. The highest BCUT2D eigenvalue weighted by molar-refractivity contribution is 9.10. The van der Waals surface area contributed by atoms with Crippen LogP contribution in [0.25, 0.3) is 0 Å². The molecule has 4 heteroatoms. The lowest BCUT2D eigenvalue weighted by molar-refractivity contribution is 0.238. The van der Waals surface area contributed by atoms with Gasteiger partial charge in [-0.1, -0.05) is 36.7 Å². The summed E-state index contributed by atoms with van der Waals surface area (Å²) in [5.41, 5.74) is 1.42. The first-order valence-electron chi connectivity index (χ1n) is 7.16. The van der Waals surface area contributed by atoms with E-state index >= 15 is 0 Å². The van der Waals surface area contributed by atoms with Gasteiger partial charge in [0.15, 0.2) is 0 Å². The third-order valence-electron chi connectivity index (χ3n) is 4.07. The smallest absolute Gasteiger partial charge is 0.142 e. The molecule has 3 nitrogen and oxygen atoms in total. The molecule has 1 aliphatic heterocycles. The maximum atomic E-state index is 5.54. The second-order valence-corrected chi connectivity index (χ2v) is 7.56. The quantitative estimate of drug-likeness (QED) is 0.888. The van der Waals surface area contributed by atoms with E-state index in [0.29, 0.717) is 12.1 Å². The molecule has 0 aromatic heterocycles. The molecule has 2 rings (SSSR count). The largest absolute Gasteiger partial charge is 0.495 e. The van der Waals surface area contributed by atoms with Crippen LogP contribution in [0.1, 0.15) is 27.7 Å². The Labute approximate surface area is 130 Å². The number of anilines is 1. The fraction of sp³-hybridized carbons (Fsp3) is 0.625. The minimum atomic E-state index is 0.248. The second kappa shape index (κ2) is 5.94. The van der Waals surface area contributed by atoms with Gasteiger partial charge in [-0.25, -0.2) is 0 Å². The molecule has 1 N–H and O–H groups in total. The Balaban J connectivity index is 2.32.